The van der Waals surface area contributed by atoms with Gasteiger partial charge >= 0.3 is 0 Å². The summed E-state index contributed by atoms with van der Waals surface area (Å²) in [5, 5.41) is 0. The van der Waals surface area contributed by atoms with Crippen LogP contribution in [0.4, 0.5) is 11.4 Å². The smallest absolute Gasteiger partial charge is 0.258 e. The highest BCUT2D eigenvalue weighted by Gasteiger charge is 2.44. The topological polar surface area (TPSA) is 53.8 Å². The minimum absolute atomic E-state index is 0.00574. The Hall–Kier alpha value is -3.34. The molecule has 1 aliphatic rings. The summed E-state index contributed by atoms with van der Waals surface area (Å²) in [5.41, 5.74) is 4.48. The van der Waals surface area contributed by atoms with Gasteiger partial charge in [0.15, 0.2) is 6.04 Å². The van der Waals surface area contributed by atoms with Crippen molar-refractivity contribution < 1.29 is 14.0 Å². The lowest BCUT2D eigenvalue weighted by Crippen LogP contribution is -2.56. The Morgan fingerprint density at radius 2 is 1.68 bits per heavy atom. The van der Waals surface area contributed by atoms with Crippen molar-refractivity contribution in [2.75, 3.05) is 16.3 Å². The van der Waals surface area contributed by atoms with E-state index in [1.54, 1.807) is 21.9 Å². The lowest BCUT2D eigenvalue weighted by atomic mass is 10.0. The van der Waals surface area contributed by atoms with Crippen LogP contribution in [0.15, 0.2) is 65.3 Å². The molecule has 1 aliphatic heterocycles. The number of rotatable bonds is 3. The fraction of sp³-hybridized carbons (Fsp3) is 0.217. The molecule has 1 atom stereocenters. The Balaban J connectivity index is 1.83. The van der Waals surface area contributed by atoms with Gasteiger partial charge in [-0.25, -0.2) is 0 Å². The molecular weight excluding hydrogens is 352 g/mol. The maximum atomic E-state index is 13.6. The highest BCUT2D eigenvalue weighted by Crippen LogP contribution is 2.37. The summed E-state index contributed by atoms with van der Waals surface area (Å²) in [6.45, 7) is 5.89. The van der Waals surface area contributed by atoms with Crippen LogP contribution in [0.3, 0.4) is 0 Å². The maximum absolute atomic E-state index is 13.6. The second kappa shape index (κ2) is 7.00. The van der Waals surface area contributed by atoms with Gasteiger partial charge in [-0.05, 0) is 56.2 Å². The van der Waals surface area contributed by atoms with Gasteiger partial charge in [-0.15, -0.1) is 0 Å². The Kier molecular flexibility index (Phi) is 4.51. The average Bonchev–Trinajstić information content (AvgIpc) is 3.18. The van der Waals surface area contributed by atoms with Crippen LogP contribution in [0, 0.1) is 20.8 Å². The van der Waals surface area contributed by atoms with Crippen LogP contribution >= 0.6 is 0 Å². The van der Waals surface area contributed by atoms with E-state index in [0.717, 1.165) is 28.1 Å². The summed E-state index contributed by atoms with van der Waals surface area (Å²) in [4.78, 5) is 30.0. The van der Waals surface area contributed by atoms with Crippen LogP contribution in [-0.2, 0) is 9.59 Å². The van der Waals surface area contributed by atoms with E-state index in [4.69, 9.17) is 4.42 Å². The molecule has 2 amide bonds. The van der Waals surface area contributed by atoms with Gasteiger partial charge in [0.1, 0.15) is 12.3 Å². The van der Waals surface area contributed by atoms with Gasteiger partial charge in [0.25, 0.3) is 5.91 Å². The van der Waals surface area contributed by atoms with E-state index in [9.17, 15) is 9.59 Å². The third kappa shape index (κ3) is 2.99. The predicted molar refractivity (Wildman–Crippen MR) is 108 cm³/mol. The Bertz CT molecular complexity index is 1040. The highest BCUT2D eigenvalue weighted by atomic mass is 16.3. The summed E-state index contributed by atoms with van der Waals surface area (Å²) < 4.78 is 5.58. The van der Waals surface area contributed by atoms with E-state index in [1.165, 1.54) is 6.26 Å². The molecular formula is C23H22N2O3. The monoisotopic (exact) mass is 374 g/mol. The highest BCUT2D eigenvalue weighted by molar-refractivity contribution is 6.14. The molecule has 2 heterocycles. The second-order valence-corrected chi connectivity index (χ2v) is 7.18. The minimum Gasteiger partial charge on any atom is -0.467 e. The van der Waals surface area contributed by atoms with Crippen LogP contribution in [-0.4, -0.2) is 18.4 Å². The number of benzene rings is 2. The second-order valence-electron chi connectivity index (χ2n) is 7.18. The van der Waals surface area contributed by atoms with Gasteiger partial charge in [0.2, 0.25) is 5.91 Å². The van der Waals surface area contributed by atoms with Gasteiger partial charge in [-0.1, -0.05) is 35.9 Å². The molecule has 0 bridgehead atoms. The number of nitrogens with zero attached hydrogens (tertiary/aromatic N) is 2. The molecule has 0 spiro atoms. The first kappa shape index (κ1) is 18.0. The zero-order chi connectivity index (χ0) is 19.8. The molecule has 3 aromatic rings. The normalized spacial score (nSPS) is 17.3. The molecule has 142 valence electrons. The van der Waals surface area contributed by atoms with E-state index in [1.807, 2.05) is 63.2 Å². The molecule has 1 fully saturated rings. The van der Waals surface area contributed by atoms with Gasteiger partial charge in [-0.2, -0.15) is 0 Å². The Morgan fingerprint density at radius 3 is 2.36 bits per heavy atom. The summed E-state index contributed by atoms with van der Waals surface area (Å²) >= 11 is 0. The summed E-state index contributed by atoms with van der Waals surface area (Å²) in [7, 11) is 0. The third-order valence-electron chi connectivity index (χ3n) is 5.15. The maximum Gasteiger partial charge on any atom is 0.258 e. The zero-order valence-corrected chi connectivity index (χ0v) is 16.2. The SMILES string of the molecule is Cc1ccc(N2C(=O)CN(c3ccccc3C)C(=O)C2c2ccco2)c(C)c1. The van der Waals surface area contributed by atoms with E-state index in [-0.39, 0.29) is 18.4 Å². The lowest BCUT2D eigenvalue weighted by Gasteiger charge is -2.40. The van der Waals surface area contributed by atoms with Crippen molar-refractivity contribution in [3.05, 3.63) is 83.3 Å². The molecule has 5 nitrogen and oxygen atoms in total. The minimum atomic E-state index is -0.836. The van der Waals surface area contributed by atoms with Crippen LogP contribution in [0.25, 0.3) is 0 Å². The van der Waals surface area contributed by atoms with E-state index < -0.39 is 6.04 Å². The van der Waals surface area contributed by atoms with Gasteiger partial charge in [0, 0.05) is 11.4 Å². The van der Waals surface area contributed by atoms with Crippen molar-refractivity contribution in [1.29, 1.82) is 0 Å². The van der Waals surface area contributed by atoms with Gasteiger partial charge < -0.3 is 9.32 Å². The number of aryl methyl sites for hydroxylation is 3. The van der Waals surface area contributed by atoms with Crippen molar-refractivity contribution in [3.63, 3.8) is 0 Å². The average molecular weight is 374 g/mol. The molecule has 4 rings (SSSR count). The van der Waals surface area contributed by atoms with Crippen LogP contribution in [0.2, 0.25) is 0 Å². The van der Waals surface area contributed by atoms with Gasteiger partial charge in [0.05, 0.1) is 6.26 Å². The van der Waals surface area contributed by atoms with Crippen LogP contribution < -0.4 is 9.80 Å². The predicted octanol–water partition coefficient (Wildman–Crippen LogP) is 4.33. The van der Waals surface area contributed by atoms with Crippen LogP contribution in [0.5, 0.6) is 0 Å². The molecule has 0 radical (unpaired) electrons. The fourth-order valence-corrected chi connectivity index (χ4v) is 3.81. The molecule has 0 N–H and O–H groups in total. The third-order valence-corrected chi connectivity index (χ3v) is 5.15. The van der Waals surface area contributed by atoms with Gasteiger partial charge in [-0.3, -0.25) is 14.5 Å². The first-order valence-corrected chi connectivity index (χ1v) is 9.27. The number of hydrogen-bond acceptors (Lipinski definition) is 3. The molecule has 0 aliphatic carbocycles. The first-order chi connectivity index (χ1) is 13.5. The zero-order valence-electron chi connectivity index (χ0n) is 16.2. The number of carbonyl (C=O) groups excluding carboxylic acids is 2. The standard InChI is InChI=1S/C23H22N2O3/c1-15-10-11-19(17(3)13-15)25-21(26)14-24(18-8-5-4-7-16(18)2)23(27)22(25)20-9-6-12-28-20/h4-13,22H,14H2,1-3H3. The van der Waals surface area contributed by atoms with E-state index in [2.05, 4.69) is 0 Å². The molecule has 1 saturated heterocycles. The number of furan rings is 1. The van der Waals surface area contributed by atoms with Crippen molar-refractivity contribution in [2.24, 2.45) is 0 Å². The van der Waals surface area contributed by atoms with Crippen molar-refractivity contribution in [3.8, 4) is 0 Å². The van der Waals surface area contributed by atoms with Crippen LogP contribution in [0.1, 0.15) is 28.5 Å². The molecule has 5 heteroatoms. The summed E-state index contributed by atoms with van der Waals surface area (Å²) in [6, 6.07) is 16.1. The number of piperazine rings is 1. The molecule has 28 heavy (non-hydrogen) atoms. The number of anilines is 2. The van der Waals surface area contributed by atoms with Crippen molar-refractivity contribution in [1.82, 2.24) is 0 Å². The molecule has 1 unspecified atom stereocenters. The summed E-state index contributed by atoms with van der Waals surface area (Å²) in [6.07, 6.45) is 1.53. The number of carbonyl (C=O) groups is 2. The Morgan fingerprint density at radius 1 is 0.893 bits per heavy atom. The summed E-state index contributed by atoms with van der Waals surface area (Å²) in [5.74, 6) is 0.136. The molecule has 2 aromatic carbocycles. The largest absolute Gasteiger partial charge is 0.467 e. The number of para-hydroxylation sites is 1. The van der Waals surface area contributed by atoms with E-state index in [0.29, 0.717) is 5.76 Å². The number of hydrogen-bond donors (Lipinski definition) is 0. The van der Waals surface area contributed by atoms with Crippen molar-refractivity contribution >= 4 is 23.2 Å². The van der Waals surface area contributed by atoms with E-state index >= 15 is 0 Å². The number of amides is 2. The molecule has 1 aromatic heterocycles. The van der Waals surface area contributed by atoms with Crippen molar-refractivity contribution in [2.45, 2.75) is 26.8 Å². The lowest BCUT2D eigenvalue weighted by molar-refractivity contribution is -0.129. The quantitative estimate of drug-likeness (QED) is 0.686. The Labute approximate surface area is 164 Å². The molecule has 0 saturated carbocycles. The fourth-order valence-electron chi connectivity index (χ4n) is 3.81. The first-order valence-electron chi connectivity index (χ1n) is 9.27.